The van der Waals surface area contributed by atoms with Crippen LogP contribution in [-0.4, -0.2) is 15.4 Å². The minimum Gasteiger partial charge on any atom is -0.367 e. The molecule has 1 rings (SSSR count). The van der Waals surface area contributed by atoms with E-state index < -0.39 is 10.8 Å². The molecule has 8 heavy (non-hydrogen) atoms. The molecule has 44 valence electrons. The minimum absolute atomic E-state index is 0.829. The maximum Gasteiger partial charge on any atom is 0.0559 e. The maximum atomic E-state index is 10.6. The predicted octanol–water partition coefficient (Wildman–Crippen LogP) is 0.752. The summed E-state index contributed by atoms with van der Waals surface area (Å²) in [6.45, 7) is 0. The van der Waals surface area contributed by atoms with E-state index in [9.17, 15) is 4.21 Å². The van der Waals surface area contributed by atoms with Crippen molar-refractivity contribution < 1.29 is 4.21 Å². The molecule has 2 nitrogen and oxygen atoms in total. The van der Waals surface area contributed by atoms with Gasteiger partial charge in [-0.3, -0.25) is 4.21 Å². The number of hydrogen-bond acceptors (Lipinski definition) is 1. The predicted molar refractivity (Wildman–Crippen MR) is 33.1 cm³/mol. The molecule has 1 atom stereocenters. The van der Waals surface area contributed by atoms with Crippen LogP contribution in [0.1, 0.15) is 0 Å². The van der Waals surface area contributed by atoms with Crippen molar-refractivity contribution >= 4 is 10.8 Å². The molecule has 0 aliphatic carbocycles. The van der Waals surface area contributed by atoms with Crippen LogP contribution in [0.2, 0.25) is 0 Å². The van der Waals surface area contributed by atoms with Crippen molar-refractivity contribution in [1.82, 2.24) is 4.98 Å². The second-order valence-electron chi connectivity index (χ2n) is 1.50. The van der Waals surface area contributed by atoms with Gasteiger partial charge < -0.3 is 4.98 Å². The molecule has 0 fully saturated rings. The van der Waals surface area contributed by atoms with Gasteiger partial charge in [-0.05, 0) is 6.07 Å². The van der Waals surface area contributed by atoms with E-state index in [2.05, 4.69) is 4.98 Å². The zero-order valence-electron chi connectivity index (χ0n) is 4.55. The van der Waals surface area contributed by atoms with Crippen LogP contribution in [0.3, 0.4) is 0 Å². The van der Waals surface area contributed by atoms with Crippen molar-refractivity contribution in [2.75, 3.05) is 6.26 Å². The van der Waals surface area contributed by atoms with Gasteiger partial charge in [-0.15, -0.1) is 0 Å². The number of nitrogens with one attached hydrogen (secondary N) is 1. The zero-order valence-corrected chi connectivity index (χ0v) is 5.37. The van der Waals surface area contributed by atoms with Crippen LogP contribution in [0, 0.1) is 0 Å². The lowest BCUT2D eigenvalue weighted by Gasteiger charge is -1.81. The first-order valence-electron chi connectivity index (χ1n) is 2.27. The highest BCUT2D eigenvalue weighted by Crippen LogP contribution is 1.99. The number of rotatable bonds is 1. The molecule has 1 aromatic rings. The molecule has 1 N–H and O–H groups in total. The molecule has 1 aromatic heterocycles. The fraction of sp³-hybridized carbons (Fsp3) is 0.200. The Labute approximate surface area is 50.4 Å². The highest BCUT2D eigenvalue weighted by molar-refractivity contribution is 7.84. The van der Waals surface area contributed by atoms with E-state index in [0.717, 1.165) is 4.90 Å². The Morgan fingerprint density at radius 2 is 2.50 bits per heavy atom. The average molecular weight is 129 g/mol. The Morgan fingerprint density at radius 3 is 2.75 bits per heavy atom. The third kappa shape index (κ3) is 0.980. The first kappa shape index (κ1) is 5.56. The zero-order chi connectivity index (χ0) is 5.98. The van der Waals surface area contributed by atoms with E-state index in [0.29, 0.717) is 0 Å². The maximum absolute atomic E-state index is 10.6. The van der Waals surface area contributed by atoms with Crippen LogP contribution in [-0.2, 0) is 10.8 Å². The lowest BCUT2D eigenvalue weighted by Crippen LogP contribution is -1.80. The first-order valence-corrected chi connectivity index (χ1v) is 3.83. The molecule has 0 aliphatic heterocycles. The molecule has 0 saturated carbocycles. The monoisotopic (exact) mass is 129 g/mol. The van der Waals surface area contributed by atoms with Gasteiger partial charge in [0.25, 0.3) is 0 Å². The largest absolute Gasteiger partial charge is 0.367 e. The summed E-state index contributed by atoms with van der Waals surface area (Å²) < 4.78 is 10.6. The van der Waals surface area contributed by atoms with Crippen molar-refractivity contribution in [1.29, 1.82) is 0 Å². The molecule has 1 unspecified atom stereocenters. The number of aromatic amines is 1. The summed E-state index contributed by atoms with van der Waals surface area (Å²) in [6, 6.07) is 1.80. The fourth-order valence-corrected chi connectivity index (χ4v) is 0.981. The summed E-state index contributed by atoms with van der Waals surface area (Å²) in [6.07, 6.45) is 5.15. The molecule has 0 radical (unpaired) electrons. The molecule has 0 amide bonds. The topological polar surface area (TPSA) is 32.9 Å². The highest BCUT2D eigenvalue weighted by atomic mass is 32.2. The Balaban J connectivity index is 2.93. The molecule has 0 saturated heterocycles. The Morgan fingerprint density at radius 1 is 1.75 bits per heavy atom. The van der Waals surface area contributed by atoms with Gasteiger partial charge in [0.2, 0.25) is 0 Å². The fourth-order valence-electron chi connectivity index (χ4n) is 0.487. The molecule has 0 bridgehead atoms. The van der Waals surface area contributed by atoms with Crippen molar-refractivity contribution in [3.8, 4) is 0 Å². The lowest BCUT2D eigenvalue weighted by atomic mass is 10.7. The lowest BCUT2D eigenvalue weighted by molar-refractivity contribution is 0.687. The van der Waals surface area contributed by atoms with Gasteiger partial charge in [0.1, 0.15) is 0 Å². The minimum atomic E-state index is -0.829. The third-order valence-electron chi connectivity index (χ3n) is 0.901. The van der Waals surface area contributed by atoms with Crippen molar-refractivity contribution in [2.24, 2.45) is 0 Å². The third-order valence-corrected chi connectivity index (χ3v) is 1.82. The quantitative estimate of drug-likeness (QED) is 0.596. The molecule has 1 heterocycles. The Hall–Kier alpha value is -0.570. The van der Waals surface area contributed by atoms with Crippen LogP contribution in [0.15, 0.2) is 23.4 Å². The van der Waals surface area contributed by atoms with E-state index in [1.54, 1.807) is 24.7 Å². The van der Waals surface area contributed by atoms with E-state index in [-0.39, 0.29) is 0 Å². The molecule has 0 aromatic carbocycles. The van der Waals surface area contributed by atoms with Crippen molar-refractivity contribution in [3.05, 3.63) is 18.5 Å². The van der Waals surface area contributed by atoms with E-state index >= 15 is 0 Å². The highest BCUT2D eigenvalue weighted by Gasteiger charge is 1.92. The second kappa shape index (κ2) is 2.13. The van der Waals surface area contributed by atoms with Gasteiger partial charge >= 0.3 is 0 Å². The van der Waals surface area contributed by atoms with Gasteiger partial charge in [-0.2, -0.15) is 0 Å². The summed E-state index contributed by atoms with van der Waals surface area (Å²) in [5.41, 5.74) is 0. The van der Waals surface area contributed by atoms with Crippen LogP contribution >= 0.6 is 0 Å². The van der Waals surface area contributed by atoms with Crippen molar-refractivity contribution in [3.63, 3.8) is 0 Å². The summed E-state index contributed by atoms with van der Waals surface area (Å²) in [7, 11) is -0.829. The molecule has 0 spiro atoms. The summed E-state index contributed by atoms with van der Waals surface area (Å²) >= 11 is 0. The van der Waals surface area contributed by atoms with Gasteiger partial charge in [0, 0.05) is 18.6 Å². The summed E-state index contributed by atoms with van der Waals surface area (Å²) in [5, 5.41) is 0. The standard InChI is InChI=1S/C5H7NOS/c1-8(7)5-2-3-6-4-5/h2-4,6H,1H3. The number of H-pyrrole nitrogens is 1. The number of hydrogen-bond donors (Lipinski definition) is 1. The summed E-state index contributed by atoms with van der Waals surface area (Å²) in [5.74, 6) is 0. The molecular formula is C5H7NOS. The molecule has 3 heteroatoms. The van der Waals surface area contributed by atoms with Crippen LogP contribution < -0.4 is 0 Å². The van der Waals surface area contributed by atoms with Crippen molar-refractivity contribution in [2.45, 2.75) is 4.90 Å². The SMILES string of the molecule is CS(=O)c1cc[nH]c1. The van der Waals surface area contributed by atoms with Gasteiger partial charge in [0.15, 0.2) is 0 Å². The Kier molecular flexibility index (Phi) is 1.48. The van der Waals surface area contributed by atoms with Crippen LogP contribution in [0.5, 0.6) is 0 Å². The van der Waals surface area contributed by atoms with E-state index in [1.807, 2.05) is 0 Å². The first-order chi connectivity index (χ1) is 3.80. The molecule has 0 aliphatic rings. The Bertz CT molecular complexity index is 180. The van der Waals surface area contributed by atoms with Crippen LogP contribution in [0.25, 0.3) is 0 Å². The molecular weight excluding hydrogens is 122 g/mol. The van der Waals surface area contributed by atoms with E-state index in [4.69, 9.17) is 0 Å². The van der Waals surface area contributed by atoms with Gasteiger partial charge in [0.05, 0.1) is 15.7 Å². The second-order valence-corrected chi connectivity index (χ2v) is 2.88. The number of aromatic nitrogens is 1. The van der Waals surface area contributed by atoms with Crippen LogP contribution in [0.4, 0.5) is 0 Å². The van der Waals surface area contributed by atoms with E-state index in [1.165, 1.54) is 0 Å². The average Bonchev–Trinajstić information content (AvgIpc) is 2.12. The smallest absolute Gasteiger partial charge is 0.0559 e. The van der Waals surface area contributed by atoms with Gasteiger partial charge in [-0.25, -0.2) is 0 Å². The normalized spacial score (nSPS) is 13.6. The van der Waals surface area contributed by atoms with Gasteiger partial charge in [-0.1, -0.05) is 0 Å². The summed E-state index contributed by atoms with van der Waals surface area (Å²) in [4.78, 5) is 3.67.